The summed E-state index contributed by atoms with van der Waals surface area (Å²) in [7, 11) is 0. The number of aromatic nitrogens is 2. The zero-order valence-corrected chi connectivity index (χ0v) is 15.0. The van der Waals surface area contributed by atoms with E-state index in [2.05, 4.69) is 0 Å². The molecular weight excluding hydrogens is 351 g/mol. The summed E-state index contributed by atoms with van der Waals surface area (Å²) >= 11 is 1.45. The quantitative estimate of drug-likeness (QED) is 0.503. The van der Waals surface area contributed by atoms with Crippen molar-refractivity contribution in [3.63, 3.8) is 0 Å². The zero-order valence-electron chi connectivity index (χ0n) is 14.2. The van der Waals surface area contributed by atoms with E-state index in [-0.39, 0.29) is 17.5 Å². The smallest absolute Gasteiger partial charge is 0.262 e. The molecular formula is C20H19FN2O2S. The van der Waals surface area contributed by atoms with Gasteiger partial charge in [0.05, 0.1) is 23.6 Å². The molecule has 1 aliphatic rings. The summed E-state index contributed by atoms with van der Waals surface area (Å²) in [6.45, 7) is 1.24. The van der Waals surface area contributed by atoms with E-state index in [1.54, 1.807) is 16.7 Å². The minimum atomic E-state index is -0.258. The molecule has 0 radical (unpaired) electrons. The van der Waals surface area contributed by atoms with E-state index in [9.17, 15) is 9.18 Å². The predicted octanol–water partition coefficient (Wildman–Crippen LogP) is 4.01. The van der Waals surface area contributed by atoms with E-state index in [4.69, 9.17) is 9.72 Å². The maximum absolute atomic E-state index is 13.4. The number of hydrogen-bond donors (Lipinski definition) is 0. The predicted molar refractivity (Wildman–Crippen MR) is 101 cm³/mol. The average Bonchev–Trinajstić information content (AvgIpc) is 3.16. The number of rotatable bonds is 5. The molecule has 2 aromatic carbocycles. The monoisotopic (exact) mass is 370 g/mol. The molecule has 4 nitrogen and oxygen atoms in total. The molecule has 6 heteroatoms. The molecule has 1 atom stereocenters. The molecule has 0 saturated carbocycles. The van der Waals surface area contributed by atoms with Crippen molar-refractivity contribution < 1.29 is 9.13 Å². The Bertz CT molecular complexity index is 983. The Balaban J connectivity index is 1.69. The fourth-order valence-corrected chi connectivity index (χ4v) is 4.14. The lowest BCUT2D eigenvalue weighted by Gasteiger charge is -2.16. The molecule has 1 saturated heterocycles. The molecule has 134 valence electrons. The van der Waals surface area contributed by atoms with Gasteiger partial charge in [0.25, 0.3) is 5.56 Å². The molecule has 0 aliphatic carbocycles. The highest BCUT2D eigenvalue weighted by molar-refractivity contribution is 7.98. The van der Waals surface area contributed by atoms with E-state index in [1.165, 1.54) is 23.9 Å². The van der Waals surface area contributed by atoms with Crippen molar-refractivity contribution in [1.29, 1.82) is 0 Å². The Labute approximate surface area is 155 Å². The lowest BCUT2D eigenvalue weighted by molar-refractivity contribution is 0.0937. The van der Waals surface area contributed by atoms with Crippen LogP contribution in [0.15, 0.2) is 58.5 Å². The van der Waals surface area contributed by atoms with Gasteiger partial charge in [-0.25, -0.2) is 9.37 Å². The third-order valence-corrected chi connectivity index (χ3v) is 5.54. The van der Waals surface area contributed by atoms with Gasteiger partial charge in [-0.05, 0) is 42.7 Å². The second-order valence-corrected chi connectivity index (χ2v) is 7.32. The second kappa shape index (κ2) is 7.60. The molecule has 0 spiro atoms. The molecule has 2 heterocycles. The highest BCUT2D eigenvalue weighted by atomic mass is 32.2. The molecule has 26 heavy (non-hydrogen) atoms. The molecule has 1 aromatic heterocycles. The second-order valence-electron chi connectivity index (χ2n) is 6.38. The zero-order chi connectivity index (χ0) is 17.9. The van der Waals surface area contributed by atoms with E-state index < -0.39 is 0 Å². The number of fused-ring (bicyclic) bond motifs is 1. The first-order valence-corrected chi connectivity index (χ1v) is 9.68. The minimum Gasteiger partial charge on any atom is -0.376 e. The number of ether oxygens (including phenoxy) is 1. The number of halogens is 1. The van der Waals surface area contributed by atoms with Crippen LogP contribution in [0.3, 0.4) is 0 Å². The molecule has 1 unspecified atom stereocenters. The first kappa shape index (κ1) is 17.2. The number of para-hydroxylation sites is 1. The van der Waals surface area contributed by atoms with Crippen molar-refractivity contribution in [2.24, 2.45) is 0 Å². The van der Waals surface area contributed by atoms with Crippen molar-refractivity contribution in [2.75, 3.05) is 6.61 Å². The Morgan fingerprint density at radius 3 is 2.92 bits per heavy atom. The van der Waals surface area contributed by atoms with Gasteiger partial charge in [0, 0.05) is 12.4 Å². The highest BCUT2D eigenvalue weighted by Gasteiger charge is 2.20. The first-order chi connectivity index (χ1) is 12.7. The highest BCUT2D eigenvalue weighted by Crippen LogP contribution is 2.24. The van der Waals surface area contributed by atoms with Gasteiger partial charge >= 0.3 is 0 Å². The van der Waals surface area contributed by atoms with Crippen LogP contribution in [-0.4, -0.2) is 22.3 Å². The Kier molecular flexibility index (Phi) is 5.04. The fraction of sp³-hybridized carbons (Fsp3) is 0.300. The lowest BCUT2D eigenvalue weighted by atomic mass is 10.2. The molecule has 0 N–H and O–H groups in total. The molecule has 0 bridgehead atoms. The molecule has 4 rings (SSSR count). The normalized spacial score (nSPS) is 17.0. The van der Waals surface area contributed by atoms with Gasteiger partial charge in [-0.1, -0.05) is 36.0 Å². The van der Waals surface area contributed by atoms with Crippen LogP contribution < -0.4 is 5.56 Å². The maximum Gasteiger partial charge on any atom is 0.262 e. The average molecular weight is 370 g/mol. The summed E-state index contributed by atoms with van der Waals surface area (Å²) in [5.41, 5.74) is 1.50. The molecule has 0 amide bonds. The molecule has 1 aliphatic heterocycles. The number of hydrogen-bond acceptors (Lipinski definition) is 4. The minimum absolute atomic E-state index is 0.0455. The Morgan fingerprint density at radius 2 is 2.12 bits per heavy atom. The topological polar surface area (TPSA) is 44.1 Å². The van der Waals surface area contributed by atoms with E-state index in [0.29, 0.717) is 28.4 Å². The fourth-order valence-electron chi connectivity index (χ4n) is 3.19. The van der Waals surface area contributed by atoms with Crippen LogP contribution in [0.5, 0.6) is 0 Å². The molecule has 3 aromatic rings. The summed E-state index contributed by atoms with van der Waals surface area (Å²) in [5.74, 6) is 0.292. The first-order valence-electron chi connectivity index (χ1n) is 8.69. The van der Waals surface area contributed by atoms with Crippen molar-refractivity contribution in [3.8, 4) is 0 Å². The number of thioether (sulfide) groups is 1. The van der Waals surface area contributed by atoms with Gasteiger partial charge in [-0.15, -0.1) is 0 Å². The van der Waals surface area contributed by atoms with Crippen LogP contribution in [0.1, 0.15) is 18.4 Å². The molecule has 1 fully saturated rings. The van der Waals surface area contributed by atoms with Crippen molar-refractivity contribution in [2.45, 2.75) is 36.4 Å². The standard InChI is InChI=1S/C20H19FN2O2S/c21-15-6-3-5-14(11-15)13-26-20-22-18-9-2-1-8-17(18)19(24)23(20)12-16-7-4-10-25-16/h1-3,5-6,8-9,11,16H,4,7,10,12-13H2. The van der Waals surface area contributed by atoms with Gasteiger partial charge in [0.1, 0.15) is 5.82 Å². The third-order valence-electron chi connectivity index (χ3n) is 4.49. The van der Waals surface area contributed by atoms with Crippen molar-refractivity contribution in [3.05, 3.63) is 70.3 Å². The van der Waals surface area contributed by atoms with E-state index >= 15 is 0 Å². The summed E-state index contributed by atoms with van der Waals surface area (Å²) in [6.07, 6.45) is 2.02. The largest absolute Gasteiger partial charge is 0.376 e. The van der Waals surface area contributed by atoms with Crippen molar-refractivity contribution in [1.82, 2.24) is 9.55 Å². The Morgan fingerprint density at radius 1 is 1.23 bits per heavy atom. The van der Waals surface area contributed by atoms with Crippen LogP contribution in [0, 0.1) is 5.82 Å². The Hall–Kier alpha value is -2.18. The summed E-state index contributed by atoms with van der Waals surface area (Å²) in [4.78, 5) is 17.7. The van der Waals surface area contributed by atoms with E-state index in [0.717, 1.165) is 25.0 Å². The van der Waals surface area contributed by atoms with Crippen molar-refractivity contribution >= 4 is 22.7 Å². The van der Waals surface area contributed by atoms with Crippen LogP contribution in [0.25, 0.3) is 10.9 Å². The summed E-state index contributed by atoms with van der Waals surface area (Å²) in [6, 6.07) is 13.9. The summed E-state index contributed by atoms with van der Waals surface area (Å²) < 4.78 is 20.8. The van der Waals surface area contributed by atoms with E-state index in [1.807, 2.05) is 24.3 Å². The number of benzene rings is 2. The maximum atomic E-state index is 13.4. The summed E-state index contributed by atoms with van der Waals surface area (Å²) in [5, 5.41) is 1.26. The van der Waals surface area contributed by atoms with Gasteiger partial charge in [-0.3, -0.25) is 9.36 Å². The van der Waals surface area contributed by atoms with Crippen LogP contribution in [-0.2, 0) is 17.0 Å². The van der Waals surface area contributed by atoms with Gasteiger partial charge in [-0.2, -0.15) is 0 Å². The lowest BCUT2D eigenvalue weighted by Crippen LogP contribution is -2.28. The van der Waals surface area contributed by atoms with Crippen LogP contribution >= 0.6 is 11.8 Å². The number of nitrogens with zero attached hydrogens (tertiary/aromatic N) is 2. The van der Waals surface area contributed by atoms with Crippen LogP contribution in [0.2, 0.25) is 0 Å². The van der Waals surface area contributed by atoms with Gasteiger partial charge in [0.2, 0.25) is 0 Å². The van der Waals surface area contributed by atoms with Crippen LogP contribution in [0.4, 0.5) is 4.39 Å². The van der Waals surface area contributed by atoms with Gasteiger partial charge in [0.15, 0.2) is 5.16 Å². The SMILES string of the molecule is O=c1c2ccccc2nc(SCc2cccc(F)c2)n1CC1CCCO1. The third kappa shape index (κ3) is 3.66. The van der Waals surface area contributed by atoms with Gasteiger partial charge < -0.3 is 4.74 Å².